The van der Waals surface area contributed by atoms with Crippen molar-refractivity contribution in [2.24, 2.45) is 0 Å². The molecule has 3 N–H and O–H groups in total. The van der Waals surface area contributed by atoms with Crippen LogP contribution in [0, 0.1) is 34.0 Å². The number of nitrogens with two attached hydrogens (primary N) is 1. The number of methoxy groups -OCH3 is 1. The number of anilines is 2. The van der Waals surface area contributed by atoms with E-state index in [4.69, 9.17) is 10.5 Å². The zero-order chi connectivity index (χ0) is 20.8. The number of nitrogen functional groups attached to an aromatic ring is 1. The smallest absolute Gasteiger partial charge is 0.240 e. The Morgan fingerprint density at radius 3 is 2.28 bits per heavy atom. The van der Waals surface area contributed by atoms with Crippen LogP contribution in [-0.2, 0) is 0 Å². The normalized spacial score (nSPS) is 13.9. The molecule has 7 nitrogen and oxygen atoms in total. The molecule has 2 heterocycles. The number of benzene rings is 1. The van der Waals surface area contributed by atoms with Crippen LogP contribution in [0.15, 0.2) is 24.3 Å². The highest BCUT2D eigenvalue weighted by Gasteiger charge is 2.29. The third kappa shape index (κ3) is 3.98. The molecule has 0 bridgehead atoms. The molecule has 2 aromatic rings. The van der Waals surface area contributed by atoms with E-state index >= 15 is 0 Å². The third-order valence-electron chi connectivity index (χ3n) is 4.97. The van der Waals surface area contributed by atoms with E-state index in [2.05, 4.69) is 22.0 Å². The van der Waals surface area contributed by atoms with Crippen molar-refractivity contribution in [2.75, 3.05) is 30.8 Å². The molecule has 1 saturated heterocycles. The van der Waals surface area contributed by atoms with Gasteiger partial charge in [0.15, 0.2) is 0 Å². The number of rotatable bonds is 4. The maximum atomic E-state index is 9.92. The van der Waals surface area contributed by atoms with Crippen LogP contribution in [0.1, 0.15) is 41.5 Å². The lowest BCUT2D eigenvalue weighted by Crippen LogP contribution is -2.36. The fourth-order valence-electron chi connectivity index (χ4n) is 3.51. The number of aromatic nitrogens is 1. The Hall–Kier alpha value is -4.02. The largest absolute Gasteiger partial charge is 0.497 e. The van der Waals surface area contributed by atoms with Gasteiger partial charge in [-0.2, -0.15) is 15.8 Å². The van der Waals surface area contributed by atoms with Gasteiger partial charge in [0.25, 0.3) is 0 Å². The molecule has 29 heavy (non-hydrogen) atoms. The minimum Gasteiger partial charge on any atom is -0.497 e. The molecule has 0 spiro atoms. The molecule has 1 aliphatic rings. The molecule has 0 aliphatic carbocycles. The average Bonchev–Trinajstić information content (AvgIpc) is 2.77. The van der Waals surface area contributed by atoms with Crippen molar-refractivity contribution < 1.29 is 9.72 Å². The van der Waals surface area contributed by atoms with Gasteiger partial charge < -0.3 is 10.5 Å². The zero-order valence-corrected chi connectivity index (χ0v) is 16.2. The highest BCUT2D eigenvalue weighted by atomic mass is 16.5. The van der Waals surface area contributed by atoms with Gasteiger partial charge in [-0.05, 0) is 43.0 Å². The van der Waals surface area contributed by atoms with E-state index in [1.807, 2.05) is 6.07 Å². The van der Waals surface area contributed by atoms with Gasteiger partial charge in [-0.25, -0.2) is 4.98 Å². The number of pyridine rings is 1. The van der Waals surface area contributed by atoms with E-state index < -0.39 is 0 Å². The number of H-pyrrole nitrogens is 1. The molecule has 0 amide bonds. The number of piperidine rings is 1. The van der Waals surface area contributed by atoms with Crippen molar-refractivity contribution in [1.29, 1.82) is 15.8 Å². The quantitative estimate of drug-likeness (QED) is 0.807. The molecule has 1 aliphatic heterocycles. The molecule has 7 heteroatoms. The van der Waals surface area contributed by atoms with E-state index in [-0.39, 0.29) is 28.1 Å². The van der Waals surface area contributed by atoms with Crippen molar-refractivity contribution in [3.05, 3.63) is 46.5 Å². The summed E-state index contributed by atoms with van der Waals surface area (Å²) in [6, 6.07) is 13.6. The molecule has 1 aromatic heterocycles. The van der Waals surface area contributed by atoms with E-state index in [9.17, 15) is 15.8 Å². The summed E-state index contributed by atoms with van der Waals surface area (Å²) in [6.45, 7) is 1.58. The van der Waals surface area contributed by atoms with Crippen LogP contribution in [0.3, 0.4) is 0 Å². The van der Waals surface area contributed by atoms with Crippen LogP contribution in [0.25, 0.3) is 11.6 Å². The maximum absolute atomic E-state index is 9.92. The summed E-state index contributed by atoms with van der Waals surface area (Å²) in [4.78, 5) is 5.08. The average molecular weight is 385 g/mol. The second-order valence-corrected chi connectivity index (χ2v) is 6.73. The number of hydrogen-bond acceptors (Lipinski definition) is 6. The summed E-state index contributed by atoms with van der Waals surface area (Å²) in [6.07, 6.45) is 4.81. The number of nitriles is 3. The molecule has 1 aromatic carbocycles. The Balaban J connectivity index is 2.20. The molecule has 144 valence electrons. The second kappa shape index (κ2) is 8.78. The number of ether oxygens (including phenoxy) is 1. The van der Waals surface area contributed by atoms with Gasteiger partial charge >= 0.3 is 0 Å². The highest BCUT2D eigenvalue weighted by molar-refractivity contribution is 5.95. The van der Waals surface area contributed by atoms with E-state index in [0.717, 1.165) is 37.9 Å². The van der Waals surface area contributed by atoms with Crippen LogP contribution in [0.4, 0.5) is 11.6 Å². The zero-order valence-electron chi connectivity index (χ0n) is 16.2. The minimum absolute atomic E-state index is 0.101. The fourth-order valence-corrected chi connectivity index (χ4v) is 3.51. The van der Waals surface area contributed by atoms with Gasteiger partial charge in [-0.3, -0.25) is 4.90 Å². The van der Waals surface area contributed by atoms with Crippen molar-refractivity contribution in [3.8, 4) is 24.0 Å². The number of allylic oxidation sites excluding steroid dienone is 1. The summed E-state index contributed by atoms with van der Waals surface area (Å²) >= 11 is 0. The minimum atomic E-state index is 0.101. The number of aromatic amines is 1. The summed E-state index contributed by atoms with van der Waals surface area (Å²) in [5, 5.41) is 29.4. The maximum Gasteiger partial charge on any atom is 0.240 e. The van der Waals surface area contributed by atoms with Gasteiger partial charge in [-0.15, -0.1) is 0 Å². The van der Waals surface area contributed by atoms with Crippen LogP contribution < -0.4 is 20.4 Å². The second-order valence-electron chi connectivity index (χ2n) is 6.73. The Morgan fingerprint density at radius 2 is 1.72 bits per heavy atom. The first-order valence-corrected chi connectivity index (χ1v) is 9.33. The third-order valence-corrected chi connectivity index (χ3v) is 4.97. The molecular weight excluding hydrogens is 364 g/mol. The number of hydrogen-bond donors (Lipinski definition) is 1. The topological polar surface area (TPSA) is 124 Å². The Morgan fingerprint density at radius 1 is 1.07 bits per heavy atom. The molecule has 1 fully saturated rings. The first-order chi connectivity index (χ1) is 14.1. The predicted octanol–water partition coefficient (Wildman–Crippen LogP) is 2.89. The first-order valence-electron chi connectivity index (χ1n) is 9.33. The van der Waals surface area contributed by atoms with Crippen molar-refractivity contribution in [2.45, 2.75) is 19.3 Å². The van der Waals surface area contributed by atoms with E-state index in [1.54, 1.807) is 37.5 Å². The summed E-state index contributed by atoms with van der Waals surface area (Å²) in [5.41, 5.74) is 7.71. The SMILES string of the molecule is COc1ccc(/C=C(\C#N)c2c(C#N)c(N)[nH+]c(N3CCCCC3)c2C#N)cc1. The summed E-state index contributed by atoms with van der Waals surface area (Å²) in [5.74, 6) is 1.41. The van der Waals surface area contributed by atoms with Crippen LogP contribution in [-0.4, -0.2) is 20.2 Å². The van der Waals surface area contributed by atoms with Gasteiger partial charge in [0.2, 0.25) is 11.6 Å². The Kier molecular flexibility index (Phi) is 5.97. The van der Waals surface area contributed by atoms with E-state index in [1.165, 1.54) is 0 Å². The highest BCUT2D eigenvalue weighted by Crippen LogP contribution is 2.32. The van der Waals surface area contributed by atoms with Gasteiger partial charge in [0.05, 0.1) is 31.8 Å². The van der Waals surface area contributed by atoms with Gasteiger partial charge in [-0.1, -0.05) is 12.1 Å². The van der Waals surface area contributed by atoms with Crippen LogP contribution in [0.5, 0.6) is 5.75 Å². The monoisotopic (exact) mass is 385 g/mol. The number of nitrogens with one attached hydrogen (secondary N) is 1. The lowest BCUT2D eigenvalue weighted by atomic mass is 9.94. The predicted molar refractivity (Wildman–Crippen MR) is 109 cm³/mol. The Bertz CT molecular complexity index is 1060. The molecule has 0 radical (unpaired) electrons. The first kappa shape index (κ1) is 19.7. The van der Waals surface area contributed by atoms with Crippen LogP contribution >= 0.6 is 0 Å². The molecule has 3 rings (SSSR count). The molecule has 0 saturated carbocycles. The standard InChI is InChI=1S/C22H20N6O/c1-29-17-7-5-15(6-8-17)11-16(12-23)20-18(13-24)21(26)27-22(19(20)14-25)28-9-3-2-4-10-28/h5-8,11H,2-4,9-10H2,1H3,(H2,26,27)/p+1/b16-11+. The summed E-state index contributed by atoms with van der Waals surface area (Å²) in [7, 11) is 1.58. The summed E-state index contributed by atoms with van der Waals surface area (Å²) < 4.78 is 5.16. The van der Waals surface area contributed by atoms with Gasteiger partial charge in [0, 0.05) is 5.56 Å². The number of nitrogens with zero attached hydrogens (tertiary/aromatic N) is 4. The lowest BCUT2D eigenvalue weighted by molar-refractivity contribution is -0.347. The Labute approximate surface area is 169 Å². The van der Waals surface area contributed by atoms with Crippen molar-refractivity contribution in [1.82, 2.24) is 0 Å². The van der Waals surface area contributed by atoms with Crippen molar-refractivity contribution in [3.63, 3.8) is 0 Å². The van der Waals surface area contributed by atoms with Crippen LogP contribution in [0.2, 0.25) is 0 Å². The molecule has 0 unspecified atom stereocenters. The molecule has 0 atom stereocenters. The molecular formula is C22H21N6O+. The fraction of sp³-hybridized carbons (Fsp3) is 0.273. The lowest BCUT2D eigenvalue weighted by Gasteiger charge is -2.25. The van der Waals surface area contributed by atoms with E-state index in [0.29, 0.717) is 11.6 Å². The van der Waals surface area contributed by atoms with Crippen molar-refractivity contribution >= 4 is 23.3 Å². The van der Waals surface area contributed by atoms with Gasteiger partial charge in [0.1, 0.15) is 29.0 Å².